The zero-order valence-electron chi connectivity index (χ0n) is 15.2. The second-order valence-corrected chi connectivity index (χ2v) is 6.13. The molecule has 0 radical (unpaired) electrons. The highest BCUT2D eigenvalue weighted by Gasteiger charge is 2.18. The van der Waals surface area contributed by atoms with Crippen LogP contribution in [-0.2, 0) is 14.3 Å². The first-order valence-electron chi connectivity index (χ1n) is 8.11. The molecule has 0 atom stereocenters. The molecule has 0 spiro atoms. The van der Waals surface area contributed by atoms with Gasteiger partial charge in [0.1, 0.15) is 11.6 Å². The molecule has 1 N–H and O–H groups in total. The van der Waals surface area contributed by atoms with Crippen molar-refractivity contribution in [2.75, 3.05) is 32.6 Å². The Morgan fingerprint density at radius 2 is 1.89 bits per heavy atom. The van der Waals surface area contributed by atoms with E-state index in [9.17, 15) is 18.8 Å². The molecule has 0 aromatic heterocycles. The van der Waals surface area contributed by atoms with Gasteiger partial charge in [-0.05, 0) is 30.3 Å². The summed E-state index contributed by atoms with van der Waals surface area (Å²) in [5.41, 5.74) is 0.0792. The molecule has 0 aliphatic carbocycles. The summed E-state index contributed by atoms with van der Waals surface area (Å²) in [6.45, 7) is -0.927. The van der Waals surface area contributed by atoms with Crippen LogP contribution in [0.5, 0.6) is 5.75 Å². The fourth-order valence-corrected chi connectivity index (χ4v) is 2.39. The molecule has 7 nitrogen and oxygen atoms in total. The minimum absolute atomic E-state index is 0.274. The number of carbonyl (C=O) groups is 3. The standard InChI is InChI=1S/C19H18ClFN2O5/c1-23(10-17(24)22-15-9-12(20)7-8-16(15)27-2)18(25)11-28-19(26)13-5-3-4-6-14(13)21/h3-9H,10-11H2,1-2H3,(H,22,24). The number of esters is 1. The van der Waals surface area contributed by atoms with Crippen LogP contribution in [0, 0.1) is 5.82 Å². The topological polar surface area (TPSA) is 84.9 Å². The van der Waals surface area contributed by atoms with Crippen LogP contribution in [0.25, 0.3) is 0 Å². The van der Waals surface area contributed by atoms with E-state index < -0.39 is 30.2 Å². The van der Waals surface area contributed by atoms with Gasteiger partial charge in [-0.15, -0.1) is 0 Å². The fourth-order valence-electron chi connectivity index (χ4n) is 2.21. The van der Waals surface area contributed by atoms with Crippen LogP contribution in [0.15, 0.2) is 42.5 Å². The fraction of sp³-hybridized carbons (Fsp3) is 0.211. The Hall–Kier alpha value is -3.13. The smallest absolute Gasteiger partial charge is 0.341 e. The number of amides is 2. The number of nitrogens with zero attached hydrogens (tertiary/aromatic N) is 1. The highest BCUT2D eigenvalue weighted by atomic mass is 35.5. The van der Waals surface area contributed by atoms with E-state index in [1.807, 2.05) is 0 Å². The normalized spacial score (nSPS) is 10.1. The SMILES string of the molecule is COc1ccc(Cl)cc1NC(=O)CN(C)C(=O)COC(=O)c1ccccc1F. The minimum Gasteiger partial charge on any atom is -0.495 e. The predicted molar refractivity (Wildman–Crippen MR) is 101 cm³/mol. The van der Waals surface area contributed by atoms with E-state index >= 15 is 0 Å². The molecule has 2 rings (SSSR count). The van der Waals surface area contributed by atoms with Crippen LogP contribution in [0.1, 0.15) is 10.4 Å². The van der Waals surface area contributed by atoms with Crippen LogP contribution >= 0.6 is 11.6 Å². The van der Waals surface area contributed by atoms with Crippen LogP contribution in [0.2, 0.25) is 5.02 Å². The molecule has 0 unspecified atom stereocenters. The summed E-state index contributed by atoms with van der Waals surface area (Å²) < 4.78 is 23.5. The number of likely N-dealkylation sites (N-methyl/N-ethyl adjacent to an activating group) is 1. The van der Waals surface area contributed by atoms with E-state index in [-0.39, 0.29) is 12.1 Å². The highest BCUT2D eigenvalue weighted by Crippen LogP contribution is 2.27. The van der Waals surface area contributed by atoms with Gasteiger partial charge in [0.05, 0.1) is 24.9 Å². The summed E-state index contributed by atoms with van der Waals surface area (Å²) >= 11 is 5.90. The van der Waals surface area contributed by atoms with Gasteiger partial charge in [-0.25, -0.2) is 9.18 Å². The van der Waals surface area contributed by atoms with Gasteiger partial charge in [-0.3, -0.25) is 9.59 Å². The predicted octanol–water partition coefficient (Wildman–Crippen LogP) is 2.74. The number of carbonyl (C=O) groups excluding carboxylic acids is 3. The summed E-state index contributed by atoms with van der Waals surface area (Å²) in [6.07, 6.45) is 0. The molecule has 0 bridgehead atoms. The molecule has 2 amide bonds. The third-order valence-electron chi connectivity index (χ3n) is 3.66. The number of ether oxygens (including phenoxy) is 2. The first kappa shape index (κ1) is 21.2. The Morgan fingerprint density at radius 1 is 1.18 bits per heavy atom. The molecule has 0 saturated carbocycles. The number of hydrogen-bond acceptors (Lipinski definition) is 5. The summed E-state index contributed by atoms with van der Waals surface area (Å²) in [4.78, 5) is 37.1. The van der Waals surface area contributed by atoms with Crippen molar-refractivity contribution in [3.63, 3.8) is 0 Å². The molecule has 0 aliphatic rings. The lowest BCUT2D eigenvalue weighted by Crippen LogP contribution is -2.37. The molecular formula is C19H18ClFN2O5. The van der Waals surface area contributed by atoms with E-state index in [0.717, 1.165) is 11.0 Å². The first-order chi connectivity index (χ1) is 13.3. The average molecular weight is 409 g/mol. The molecule has 148 valence electrons. The Labute approximate surface area is 166 Å². The van der Waals surface area contributed by atoms with Crippen molar-refractivity contribution in [2.45, 2.75) is 0 Å². The largest absolute Gasteiger partial charge is 0.495 e. The van der Waals surface area contributed by atoms with Gasteiger partial charge in [0.15, 0.2) is 6.61 Å². The number of anilines is 1. The van der Waals surface area contributed by atoms with Crippen molar-refractivity contribution in [1.82, 2.24) is 4.90 Å². The van der Waals surface area contributed by atoms with Crippen molar-refractivity contribution in [1.29, 1.82) is 0 Å². The monoisotopic (exact) mass is 408 g/mol. The summed E-state index contributed by atoms with van der Waals surface area (Å²) in [6, 6.07) is 9.97. The molecule has 28 heavy (non-hydrogen) atoms. The van der Waals surface area contributed by atoms with E-state index in [0.29, 0.717) is 16.5 Å². The number of halogens is 2. The lowest BCUT2D eigenvalue weighted by atomic mass is 10.2. The Balaban J connectivity index is 1.88. The van der Waals surface area contributed by atoms with Crippen LogP contribution in [0.4, 0.5) is 10.1 Å². The third-order valence-corrected chi connectivity index (χ3v) is 3.90. The Bertz CT molecular complexity index is 890. The first-order valence-corrected chi connectivity index (χ1v) is 8.48. The molecule has 0 heterocycles. The molecule has 2 aromatic rings. The van der Waals surface area contributed by atoms with Gasteiger partial charge in [-0.2, -0.15) is 0 Å². The van der Waals surface area contributed by atoms with Crippen LogP contribution in [0.3, 0.4) is 0 Å². The zero-order chi connectivity index (χ0) is 20.7. The molecule has 9 heteroatoms. The Kier molecular flexibility index (Phi) is 7.34. The van der Waals surface area contributed by atoms with E-state index in [1.165, 1.54) is 38.4 Å². The number of rotatable bonds is 7. The second kappa shape index (κ2) is 9.70. The van der Waals surface area contributed by atoms with Gasteiger partial charge >= 0.3 is 5.97 Å². The number of nitrogens with one attached hydrogen (secondary N) is 1. The van der Waals surface area contributed by atoms with E-state index in [1.54, 1.807) is 12.1 Å². The van der Waals surface area contributed by atoms with E-state index in [4.69, 9.17) is 21.1 Å². The van der Waals surface area contributed by atoms with Gasteiger partial charge in [0, 0.05) is 12.1 Å². The maximum atomic E-state index is 13.5. The van der Waals surface area contributed by atoms with E-state index in [2.05, 4.69) is 5.32 Å². The summed E-state index contributed by atoms with van der Waals surface area (Å²) in [7, 11) is 2.81. The minimum atomic E-state index is -0.965. The number of benzene rings is 2. The van der Waals surface area contributed by atoms with Gasteiger partial charge in [-0.1, -0.05) is 23.7 Å². The number of methoxy groups -OCH3 is 1. The van der Waals surface area contributed by atoms with Crippen molar-refractivity contribution in [3.05, 3.63) is 58.9 Å². The van der Waals surface area contributed by atoms with Gasteiger partial charge < -0.3 is 19.7 Å². The molecule has 2 aromatic carbocycles. The molecular weight excluding hydrogens is 391 g/mol. The van der Waals surface area contributed by atoms with Crippen molar-refractivity contribution < 1.29 is 28.2 Å². The Morgan fingerprint density at radius 3 is 2.57 bits per heavy atom. The van der Waals surface area contributed by atoms with Gasteiger partial charge in [0.25, 0.3) is 5.91 Å². The third kappa shape index (κ3) is 5.68. The molecule has 0 saturated heterocycles. The van der Waals surface area contributed by atoms with Crippen molar-refractivity contribution in [2.24, 2.45) is 0 Å². The maximum absolute atomic E-state index is 13.5. The molecule has 0 aliphatic heterocycles. The molecule has 0 fully saturated rings. The lowest BCUT2D eigenvalue weighted by molar-refractivity contribution is -0.136. The van der Waals surface area contributed by atoms with Crippen molar-refractivity contribution >= 4 is 35.1 Å². The van der Waals surface area contributed by atoms with Gasteiger partial charge in [0.2, 0.25) is 5.91 Å². The van der Waals surface area contributed by atoms with Crippen molar-refractivity contribution in [3.8, 4) is 5.75 Å². The lowest BCUT2D eigenvalue weighted by Gasteiger charge is -2.17. The quantitative estimate of drug-likeness (QED) is 0.712. The van der Waals surface area contributed by atoms with Crippen LogP contribution < -0.4 is 10.1 Å². The summed E-state index contributed by atoms with van der Waals surface area (Å²) in [5, 5.41) is 2.99. The summed E-state index contributed by atoms with van der Waals surface area (Å²) in [5.74, 6) is -2.43. The maximum Gasteiger partial charge on any atom is 0.341 e. The highest BCUT2D eigenvalue weighted by molar-refractivity contribution is 6.31. The number of hydrogen-bond donors (Lipinski definition) is 1. The second-order valence-electron chi connectivity index (χ2n) is 5.70. The average Bonchev–Trinajstić information content (AvgIpc) is 2.66. The zero-order valence-corrected chi connectivity index (χ0v) is 16.0. The van der Waals surface area contributed by atoms with Crippen LogP contribution in [-0.4, -0.2) is 50.0 Å².